The van der Waals surface area contributed by atoms with Gasteiger partial charge in [-0.05, 0) is 55.5 Å². The average molecular weight is 407 g/mol. The summed E-state index contributed by atoms with van der Waals surface area (Å²) in [5.41, 5.74) is 4.05. The van der Waals surface area contributed by atoms with Crippen LogP contribution in [0.2, 0.25) is 0 Å². The van der Waals surface area contributed by atoms with Gasteiger partial charge in [0.05, 0.1) is 5.69 Å². The Balaban J connectivity index is 1.52. The Morgan fingerprint density at radius 3 is 2.70 bits per heavy atom. The minimum atomic E-state index is -0.254. The van der Waals surface area contributed by atoms with E-state index in [4.69, 9.17) is 9.84 Å². The van der Waals surface area contributed by atoms with Gasteiger partial charge in [-0.1, -0.05) is 12.1 Å². The molecule has 2 N–H and O–H groups in total. The highest BCUT2D eigenvalue weighted by atomic mass is 19.1. The Labute approximate surface area is 172 Å². The van der Waals surface area contributed by atoms with Gasteiger partial charge in [0, 0.05) is 30.9 Å². The molecule has 30 heavy (non-hydrogen) atoms. The fourth-order valence-electron chi connectivity index (χ4n) is 4.00. The zero-order valence-corrected chi connectivity index (χ0v) is 16.4. The van der Waals surface area contributed by atoms with Gasteiger partial charge in [0.2, 0.25) is 11.8 Å². The third-order valence-electron chi connectivity index (χ3n) is 5.62. The van der Waals surface area contributed by atoms with Crippen molar-refractivity contribution < 1.29 is 14.2 Å². The van der Waals surface area contributed by atoms with Gasteiger partial charge >= 0.3 is 0 Å². The minimum absolute atomic E-state index is 0.0812. The van der Waals surface area contributed by atoms with E-state index in [1.165, 1.54) is 16.8 Å². The SMILES string of the molecule is Oc1c(CCc2ccc(F)cc2)c(C2CCOCC2)nn1-c1nc2cccnc2[nH]1. The molecule has 8 heteroatoms. The zero-order chi connectivity index (χ0) is 20.5. The van der Waals surface area contributed by atoms with E-state index in [-0.39, 0.29) is 17.6 Å². The molecule has 4 aromatic rings. The van der Waals surface area contributed by atoms with Crippen LogP contribution in [0.1, 0.15) is 35.6 Å². The van der Waals surface area contributed by atoms with Crippen LogP contribution in [0.3, 0.4) is 0 Å². The van der Waals surface area contributed by atoms with Crippen molar-refractivity contribution in [2.45, 2.75) is 31.6 Å². The van der Waals surface area contributed by atoms with Crippen molar-refractivity contribution in [2.75, 3.05) is 13.2 Å². The molecule has 4 heterocycles. The molecule has 0 aliphatic carbocycles. The predicted octanol–water partition coefficient (Wildman–Crippen LogP) is 3.67. The highest BCUT2D eigenvalue weighted by molar-refractivity contribution is 5.71. The third kappa shape index (κ3) is 3.54. The van der Waals surface area contributed by atoms with Gasteiger partial charge in [0.1, 0.15) is 11.3 Å². The van der Waals surface area contributed by atoms with Crippen LogP contribution in [-0.2, 0) is 17.6 Å². The Hall–Kier alpha value is -3.26. The Bertz CT molecular complexity index is 1130. The van der Waals surface area contributed by atoms with Gasteiger partial charge in [-0.25, -0.2) is 14.4 Å². The van der Waals surface area contributed by atoms with Gasteiger partial charge in [0.25, 0.3) is 0 Å². The highest BCUT2D eigenvalue weighted by Crippen LogP contribution is 2.35. The summed E-state index contributed by atoms with van der Waals surface area (Å²) in [6.07, 6.45) is 4.69. The van der Waals surface area contributed by atoms with Gasteiger partial charge in [0.15, 0.2) is 5.65 Å². The third-order valence-corrected chi connectivity index (χ3v) is 5.62. The number of H-pyrrole nitrogens is 1. The molecule has 0 bridgehead atoms. The summed E-state index contributed by atoms with van der Waals surface area (Å²) in [4.78, 5) is 11.9. The van der Waals surface area contributed by atoms with Crippen LogP contribution in [0.4, 0.5) is 4.39 Å². The fourth-order valence-corrected chi connectivity index (χ4v) is 4.00. The first-order valence-corrected chi connectivity index (χ1v) is 10.1. The van der Waals surface area contributed by atoms with E-state index in [1.807, 2.05) is 12.1 Å². The maximum Gasteiger partial charge on any atom is 0.233 e. The molecule has 1 aliphatic rings. The summed E-state index contributed by atoms with van der Waals surface area (Å²) in [6, 6.07) is 10.1. The lowest BCUT2D eigenvalue weighted by molar-refractivity contribution is 0.0842. The van der Waals surface area contributed by atoms with E-state index < -0.39 is 0 Å². The number of ether oxygens (including phenoxy) is 1. The topological polar surface area (TPSA) is 88.8 Å². The zero-order valence-electron chi connectivity index (χ0n) is 16.4. The molecule has 0 amide bonds. The molecule has 0 saturated carbocycles. The summed E-state index contributed by atoms with van der Waals surface area (Å²) < 4.78 is 20.2. The van der Waals surface area contributed by atoms with Crippen molar-refractivity contribution in [1.29, 1.82) is 0 Å². The maximum atomic E-state index is 13.2. The van der Waals surface area contributed by atoms with Gasteiger partial charge in [-0.15, -0.1) is 0 Å². The molecular formula is C22H22FN5O2. The second-order valence-electron chi connectivity index (χ2n) is 7.54. The number of hydrogen-bond acceptors (Lipinski definition) is 5. The van der Waals surface area contributed by atoms with Crippen LogP contribution < -0.4 is 0 Å². The van der Waals surface area contributed by atoms with Crippen LogP contribution in [0, 0.1) is 5.82 Å². The lowest BCUT2D eigenvalue weighted by Crippen LogP contribution is -2.16. The number of rotatable bonds is 5. The quantitative estimate of drug-likeness (QED) is 0.527. The number of halogens is 1. The van der Waals surface area contributed by atoms with Crippen LogP contribution in [-0.4, -0.2) is 43.1 Å². The summed E-state index contributed by atoms with van der Waals surface area (Å²) in [5.74, 6) is 0.479. The number of aromatic nitrogens is 5. The predicted molar refractivity (Wildman–Crippen MR) is 109 cm³/mol. The van der Waals surface area contributed by atoms with Crippen LogP contribution in [0.15, 0.2) is 42.6 Å². The van der Waals surface area contributed by atoms with Crippen LogP contribution in [0.25, 0.3) is 17.1 Å². The van der Waals surface area contributed by atoms with E-state index in [9.17, 15) is 9.50 Å². The number of benzene rings is 1. The van der Waals surface area contributed by atoms with Crippen molar-refractivity contribution in [1.82, 2.24) is 24.7 Å². The van der Waals surface area contributed by atoms with Crippen LogP contribution in [0.5, 0.6) is 5.88 Å². The molecule has 0 atom stereocenters. The number of aryl methyl sites for hydroxylation is 1. The van der Waals surface area contributed by atoms with Gasteiger partial charge in [-0.3, -0.25) is 0 Å². The van der Waals surface area contributed by atoms with Crippen molar-refractivity contribution >= 4 is 11.2 Å². The first-order valence-electron chi connectivity index (χ1n) is 10.1. The van der Waals surface area contributed by atoms with E-state index in [2.05, 4.69) is 15.0 Å². The number of fused-ring (bicyclic) bond motifs is 1. The molecule has 1 aromatic carbocycles. The molecule has 0 unspecified atom stereocenters. The molecule has 7 nitrogen and oxygen atoms in total. The fraction of sp³-hybridized carbons (Fsp3) is 0.318. The lowest BCUT2D eigenvalue weighted by Gasteiger charge is -2.21. The van der Waals surface area contributed by atoms with Gasteiger partial charge in [-0.2, -0.15) is 9.78 Å². The summed E-state index contributed by atoms with van der Waals surface area (Å²) in [6.45, 7) is 1.37. The molecule has 0 spiro atoms. The molecule has 0 radical (unpaired) electrons. The molecule has 1 fully saturated rings. The highest BCUT2D eigenvalue weighted by Gasteiger charge is 2.27. The van der Waals surface area contributed by atoms with Crippen molar-refractivity contribution in [3.05, 3.63) is 65.2 Å². The van der Waals surface area contributed by atoms with Gasteiger partial charge < -0.3 is 14.8 Å². The monoisotopic (exact) mass is 407 g/mol. The number of nitrogens with zero attached hydrogens (tertiary/aromatic N) is 4. The van der Waals surface area contributed by atoms with Crippen molar-refractivity contribution in [3.8, 4) is 11.8 Å². The second kappa shape index (κ2) is 7.87. The number of pyridine rings is 1. The Morgan fingerprint density at radius 1 is 1.13 bits per heavy atom. The number of hydrogen-bond donors (Lipinski definition) is 2. The first kappa shape index (κ1) is 18.7. The minimum Gasteiger partial charge on any atom is -0.493 e. The number of imidazole rings is 1. The summed E-state index contributed by atoms with van der Waals surface area (Å²) in [7, 11) is 0. The maximum absolute atomic E-state index is 13.2. The number of aromatic hydroxyl groups is 1. The largest absolute Gasteiger partial charge is 0.493 e. The van der Waals surface area contributed by atoms with E-state index in [0.717, 1.165) is 29.7 Å². The molecule has 5 rings (SSSR count). The smallest absolute Gasteiger partial charge is 0.233 e. The molecular weight excluding hydrogens is 385 g/mol. The summed E-state index contributed by atoms with van der Waals surface area (Å²) in [5, 5.41) is 15.8. The van der Waals surface area contributed by atoms with E-state index >= 15 is 0 Å². The Kier molecular flexibility index (Phi) is 4.92. The normalized spacial score (nSPS) is 15.1. The van der Waals surface area contributed by atoms with E-state index in [1.54, 1.807) is 18.3 Å². The molecule has 3 aromatic heterocycles. The molecule has 1 saturated heterocycles. The number of aromatic amines is 1. The first-order chi connectivity index (χ1) is 14.7. The average Bonchev–Trinajstić information content (AvgIpc) is 3.35. The molecule has 1 aliphatic heterocycles. The second-order valence-corrected chi connectivity index (χ2v) is 7.54. The van der Waals surface area contributed by atoms with Crippen LogP contribution >= 0.6 is 0 Å². The molecule has 154 valence electrons. The summed E-state index contributed by atoms with van der Waals surface area (Å²) >= 11 is 0. The van der Waals surface area contributed by atoms with Crippen molar-refractivity contribution in [2.24, 2.45) is 0 Å². The standard InChI is InChI=1S/C22H22FN5O2/c23-16-6-3-14(4-7-16)5-8-17-19(15-9-12-30-13-10-15)27-28(21(17)29)22-25-18-2-1-11-24-20(18)26-22/h1-4,6-7,11,15,29H,5,8-10,12-13H2,(H,24,25,26). The lowest BCUT2D eigenvalue weighted by atomic mass is 9.92. The van der Waals surface area contributed by atoms with E-state index in [0.29, 0.717) is 43.2 Å². The Morgan fingerprint density at radius 2 is 1.93 bits per heavy atom. The van der Waals surface area contributed by atoms with Crippen molar-refractivity contribution in [3.63, 3.8) is 0 Å². The number of nitrogens with one attached hydrogen (secondary N) is 1.